The number of benzene rings is 3. The van der Waals surface area contributed by atoms with Crippen molar-refractivity contribution in [1.82, 2.24) is 4.90 Å². The Morgan fingerprint density at radius 3 is 2.50 bits per heavy atom. The maximum atomic E-state index is 11.0. The van der Waals surface area contributed by atoms with Crippen molar-refractivity contribution in [2.75, 3.05) is 0 Å². The topological polar surface area (TPSA) is 23.5 Å². The summed E-state index contributed by atoms with van der Waals surface area (Å²) in [6.45, 7) is 4.64. The lowest BCUT2D eigenvalue weighted by atomic mass is 9.85. The lowest BCUT2D eigenvalue weighted by Gasteiger charge is -2.46. The minimum absolute atomic E-state index is 0.0687. The van der Waals surface area contributed by atoms with E-state index >= 15 is 0 Å². The van der Waals surface area contributed by atoms with Crippen LogP contribution in [0.3, 0.4) is 0 Å². The van der Waals surface area contributed by atoms with E-state index in [-0.39, 0.29) is 6.04 Å². The summed E-state index contributed by atoms with van der Waals surface area (Å²) in [7, 11) is 0. The first-order valence-corrected chi connectivity index (χ1v) is 10.7. The first-order chi connectivity index (χ1) is 13.7. The summed E-state index contributed by atoms with van der Waals surface area (Å²) in [4.78, 5) is 2.70. The Labute approximate surface area is 168 Å². The van der Waals surface area contributed by atoms with Crippen LogP contribution >= 0.6 is 0 Å². The summed E-state index contributed by atoms with van der Waals surface area (Å²) in [5.74, 6) is 0.403. The molecule has 0 aliphatic carbocycles. The molecule has 3 atom stereocenters. The molecule has 2 nitrogen and oxygen atoms in total. The van der Waals surface area contributed by atoms with Crippen LogP contribution in [0.15, 0.2) is 66.7 Å². The van der Waals surface area contributed by atoms with Gasteiger partial charge in [-0.3, -0.25) is 4.90 Å². The largest absolute Gasteiger partial charge is 0.508 e. The molecule has 0 spiro atoms. The summed E-state index contributed by atoms with van der Waals surface area (Å²) >= 11 is 0. The molecule has 1 aliphatic rings. The number of nitrogens with zero attached hydrogens (tertiary/aromatic N) is 1. The zero-order chi connectivity index (χ0) is 19.5. The van der Waals surface area contributed by atoms with Gasteiger partial charge in [-0.2, -0.15) is 0 Å². The highest BCUT2D eigenvalue weighted by atomic mass is 16.3. The molecule has 3 aromatic rings. The van der Waals surface area contributed by atoms with E-state index in [9.17, 15) is 5.11 Å². The molecule has 1 aliphatic heterocycles. The van der Waals surface area contributed by atoms with Gasteiger partial charge in [0.25, 0.3) is 0 Å². The van der Waals surface area contributed by atoms with Crippen LogP contribution in [0.25, 0.3) is 10.8 Å². The van der Waals surface area contributed by atoms with Crippen molar-refractivity contribution in [1.29, 1.82) is 0 Å². The van der Waals surface area contributed by atoms with E-state index in [1.54, 1.807) is 0 Å². The Kier molecular flexibility index (Phi) is 5.68. The maximum Gasteiger partial charge on any atom is 0.121 e. The lowest BCUT2D eigenvalue weighted by Crippen LogP contribution is -2.47. The molecule has 0 saturated carbocycles. The third-order valence-electron chi connectivity index (χ3n) is 6.35. The van der Waals surface area contributed by atoms with Crippen LogP contribution in [-0.2, 0) is 0 Å². The highest BCUT2D eigenvalue weighted by Gasteiger charge is 2.36. The fourth-order valence-corrected chi connectivity index (χ4v) is 5.09. The highest BCUT2D eigenvalue weighted by Crippen LogP contribution is 2.44. The van der Waals surface area contributed by atoms with Crippen molar-refractivity contribution in [2.45, 2.75) is 64.1 Å². The van der Waals surface area contributed by atoms with E-state index in [1.807, 2.05) is 12.1 Å². The molecule has 2 heteroatoms. The first kappa shape index (κ1) is 19.0. The van der Waals surface area contributed by atoms with Crippen molar-refractivity contribution in [3.63, 3.8) is 0 Å². The van der Waals surface area contributed by atoms with Gasteiger partial charge in [-0.1, -0.05) is 80.4 Å². The molecule has 3 aromatic carbocycles. The van der Waals surface area contributed by atoms with E-state index in [1.165, 1.54) is 43.1 Å². The summed E-state index contributed by atoms with van der Waals surface area (Å²) in [6, 6.07) is 24.2. The van der Waals surface area contributed by atoms with Crippen LogP contribution in [0.1, 0.15) is 63.1 Å². The SMILES string of the molecule is CCC[C@@H]1CCC[C@H](C)N1[C@@H](c1ccccc1)c1c(O)ccc2ccccc12. The van der Waals surface area contributed by atoms with E-state index < -0.39 is 0 Å². The number of hydrogen-bond acceptors (Lipinski definition) is 2. The number of fused-ring (bicyclic) bond motifs is 1. The van der Waals surface area contributed by atoms with Gasteiger partial charge in [0.1, 0.15) is 5.75 Å². The molecule has 146 valence electrons. The third kappa shape index (κ3) is 3.54. The molecule has 1 N–H and O–H groups in total. The van der Waals surface area contributed by atoms with Gasteiger partial charge in [-0.05, 0) is 48.6 Å². The Hall–Kier alpha value is -2.32. The van der Waals surface area contributed by atoms with E-state index in [0.29, 0.717) is 17.8 Å². The molecule has 0 amide bonds. The third-order valence-corrected chi connectivity index (χ3v) is 6.35. The van der Waals surface area contributed by atoms with E-state index in [2.05, 4.69) is 73.3 Å². The van der Waals surface area contributed by atoms with Crippen LogP contribution in [0.2, 0.25) is 0 Å². The van der Waals surface area contributed by atoms with Crippen molar-refractivity contribution >= 4 is 10.8 Å². The molecular formula is C26H31NO. The fraction of sp³-hybridized carbons (Fsp3) is 0.385. The Morgan fingerprint density at radius 2 is 1.71 bits per heavy atom. The maximum absolute atomic E-state index is 11.0. The number of phenolic OH excluding ortho intramolecular Hbond substituents is 1. The zero-order valence-electron chi connectivity index (χ0n) is 17.0. The van der Waals surface area contributed by atoms with Crippen LogP contribution < -0.4 is 0 Å². The second-order valence-electron chi connectivity index (χ2n) is 8.20. The van der Waals surface area contributed by atoms with Crippen molar-refractivity contribution in [3.05, 3.63) is 77.9 Å². The van der Waals surface area contributed by atoms with Crippen molar-refractivity contribution in [2.24, 2.45) is 0 Å². The number of phenols is 1. The first-order valence-electron chi connectivity index (χ1n) is 10.7. The van der Waals surface area contributed by atoms with Crippen LogP contribution in [0.5, 0.6) is 5.75 Å². The van der Waals surface area contributed by atoms with E-state index in [4.69, 9.17) is 0 Å². The molecule has 1 fully saturated rings. The fourth-order valence-electron chi connectivity index (χ4n) is 5.09. The number of likely N-dealkylation sites (tertiary alicyclic amines) is 1. The second-order valence-corrected chi connectivity index (χ2v) is 8.20. The molecule has 1 saturated heterocycles. The average Bonchev–Trinajstić information content (AvgIpc) is 2.72. The van der Waals surface area contributed by atoms with Gasteiger partial charge >= 0.3 is 0 Å². The van der Waals surface area contributed by atoms with E-state index in [0.717, 1.165) is 10.9 Å². The molecule has 0 radical (unpaired) electrons. The summed E-state index contributed by atoms with van der Waals surface area (Å²) in [6.07, 6.45) is 6.16. The highest BCUT2D eigenvalue weighted by molar-refractivity contribution is 5.88. The van der Waals surface area contributed by atoms with Gasteiger partial charge < -0.3 is 5.11 Å². The molecular weight excluding hydrogens is 342 g/mol. The summed E-state index contributed by atoms with van der Waals surface area (Å²) in [5.41, 5.74) is 2.32. The van der Waals surface area contributed by atoms with Gasteiger partial charge in [-0.15, -0.1) is 0 Å². The Balaban J connectivity index is 1.94. The minimum Gasteiger partial charge on any atom is -0.508 e. The predicted molar refractivity (Wildman–Crippen MR) is 118 cm³/mol. The number of hydrogen-bond donors (Lipinski definition) is 1. The summed E-state index contributed by atoms with van der Waals surface area (Å²) < 4.78 is 0. The molecule has 1 heterocycles. The normalized spacial score (nSPS) is 21.6. The Bertz CT molecular complexity index is 918. The zero-order valence-corrected chi connectivity index (χ0v) is 17.0. The average molecular weight is 374 g/mol. The second kappa shape index (κ2) is 8.36. The smallest absolute Gasteiger partial charge is 0.121 e. The quantitative estimate of drug-likeness (QED) is 0.539. The number of piperidine rings is 1. The number of rotatable bonds is 5. The standard InChI is InChI=1S/C26H31NO/c1-3-10-22-15-9-11-19(2)27(22)26(21-13-5-4-6-14-21)25-23-16-8-7-12-20(23)17-18-24(25)28/h4-8,12-14,16-19,22,26,28H,3,9-11,15H2,1-2H3/t19-,22+,26-/m0/s1. The molecule has 4 rings (SSSR count). The van der Waals surface area contributed by atoms with Crippen LogP contribution in [0, 0.1) is 0 Å². The van der Waals surface area contributed by atoms with Gasteiger partial charge in [0.2, 0.25) is 0 Å². The lowest BCUT2D eigenvalue weighted by molar-refractivity contribution is 0.0557. The monoisotopic (exact) mass is 373 g/mol. The van der Waals surface area contributed by atoms with Gasteiger partial charge in [-0.25, -0.2) is 0 Å². The van der Waals surface area contributed by atoms with Gasteiger partial charge in [0, 0.05) is 17.6 Å². The van der Waals surface area contributed by atoms with Crippen LogP contribution in [0.4, 0.5) is 0 Å². The van der Waals surface area contributed by atoms with Gasteiger partial charge in [0.05, 0.1) is 6.04 Å². The van der Waals surface area contributed by atoms with Gasteiger partial charge in [0.15, 0.2) is 0 Å². The van der Waals surface area contributed by atoms with Crippen molar-refractivity contribution < 1.29 is 5.11 Å². The Morgan fingerprint density at radius 1 is 0.964 bits per heavy atom. The molecule has 28 heavy (non-hydrogen) atoms. The number of aromatic hydroxyl groups is 1. The summed E-state index contributed by atoms with van der Waals surface area (Å²) in [5, 5.41) is 13.4. The molecule has 0 unspecified atom stereocenters. The van der Waals surface area contributed by atoms with Crippen molar-refractivity contribution in [3.8, 4) is 5.75 Å². The minimum atomic E-state index is 0.0687. The van der Waals surface area contributed by atoms with Crippen LogP contribution in [-0.4, -0.2) is 22.1 Å². The predicted octanol–water partition coefficient (Wildman–Crippen LogP) is 6.68. The molecule has 0 bridgehead atoms. The molecule has 0 aromatic heterocycles.